The van der Waals surface area contributed by atoms with E-state index in [2.05, 4.69) is 32.1 Å². The summed E-state index contributed by atoms with van der Waals surface area (Å²) in [5, 5.41) is 15.4. The summed E-state index contributed by atoms with van der Waals surface area (Å²) in [6.45, 7) is 1.40. The molecule has 0 aliphatic carbocycles. The first-order valence-corrected chi connectivity index (χ1v) is 9.68. The molecule has 29 heavy (non-hydrogen) atoms. The Morgan fingerprint density at radius 1 is 1.07 bits per heavy atom. The third-order valence-corrected chi connectivity index (χ3v) is 5.47. The van der Waals surface area contributed by atoms with E-state index in [0.29, 0.717) is 49.6 Å². The lowest BCUT2D eigenvalue weighted by atomic mass is 9.85. The average Bonchev–Trinajstić information content (AvgIpc) is 3.39. The number of furan rings is 1. The van der Waals surface area contributed by atoms with Crippen molar-refractivity contribution in [2.75, 3.05) is 23.7 Å². The Labute approximate surface area is 167 Å². The van der Waals surface area contributed by atoms with Gasteiger partial charge in [0.15, 0.2) is 11.4 Å². The van der Waals surface area contributed by atoms with Crippen molar-refractivity contribution in [3.63, 3.8) is 0 Å². The van der Waals surface area contributed by atoms with Crippen LogP contribution in [0.25, 0.3) is 17.2 Å². The highest BCUT2D eigenvalue weighted by Gasteiger charge is 2.33. The smallest absolute Gasteiger partial charge is 0.225 e. The van der Waals surface area contributed by atoms with Crippen LogP contribution in [0.1, 0.15) is 18.4 Å². The summed E-state index contributed by atoms with van der Waals surface area (Å²) in [5.74, 6) is 2.07. The van der Waals surface area contributed by atoms with Crippen molar-refractivity contribution in [2.45, 2.75) is 24.9 Å². The van der Waals surface area contributed by atoms with Crippen LogP contribution in [0.5, 0.6) is 0 Å². The molecule has 5 rings (SSSR count). The minimum atomic E-state index is -0.700. The fourth-order valence-electron chi connectivity index (χ4n) is 3.88. The van der Waals surface area contributed by atoms with Gasteiger partial charge in [0.1, 0.15) is 5.82 Å². The van der Waals surface area contributed by atoms with Crippen molar-refractivity contribution in [2.24, 2.45) is 0 Å². The molecule has 3 N–H and O–H groups in total. The molecule has 4 aromatic rings. The van der Waals surface area contributed by atoms with Crippen LogP contribution in [0.3, 0.4) is 0 Å². The summed E-state index contributed by atoms with van der Waals surface area (Å²) in [4.78, 5) is 11.2. The van der Waals surface area contributed by atoms with Crippen LogP contribution >= 0.6 is 0 Å². The zero-order valence-electron chi connectivity index (χ0n) is 15.9. The van der Waals surface area contributed by atoms with Gasteiger partial charge in [-0.05, 0) is 30.5 Å². The SMILES string of the molecule is Nc1nc(N2CCC(O)(Cc3ccccc3)CC2)cc2nc(-c3ccco3)nn12. The number of nitrogens with zero attached hydrogens (tertiary/aromatic N) is 5. The van der Waals surface area contributed by atoms with E-state index in [1.807, 2.05) is 24.3 Å². The molecular formula is C21H22N6O2. The molecule has 1 aromatic carbocycles. The minimum Gasteiger partial charge on any atom is -0.461 e. The quantitative estimate of drug-likeness (QED) is 0.551. The summed E-state index contributed by atoms with van der Waals surface area (Å²) in [5.41, 5.74) is 7.20. The predicted octanol–water partition coefficient (Wildman–Crippen LogP) is 2.54. The van der Waals surface area contributed by atoms with Gasteiger partial charge in [-0.15, -0.1) is 5.10 Å². The molecule has 0 atom stereocenters. The van der Waals surface area contributed by atoms with E-state index in [0.717, 1.165) is 11.4 Å². The molecule has 148 valence electrons. The van der Waals surface area contributed by atoms with Crippen LogP contribution in [0, 0.1) is 0 Å². The number of aliphatic hydroxyl groups is 1. The first-order valence-electron chi connectivity index (χ1n) is 9.68. The summed E-state index contributed by atoms with van der Waals surface area (Å²) in [7, 11) is 0. The first kappa shape index (κ1) is 17.7. The Bertz CT molecular complexity index is 1120. The zero-order valence-corrected chi connectivity index (χ0v) is 15.9. The molecule has 4 heterocycles. The largest absolute Gasteiger partial charge is 0.461 e. The second-order valence-electron chi connectivity index (χ2n) is 7.53. The van der Waals surface area contributed by atoms with Gasteiger partial charge in [-0.25, -0.2) is 4.98 Å². The van der Waals surface area contributed by atoms with Crippen molar-refractivity contribution in [1.29, 1.82) is 0 Å². The second kappa shape index (κ2) is 6.89. The fourth-order valence-corrected chi connectivity index (χ4v) is 3.88. The molecule has 1 aliphatic rings. The Hall–Kier alpha value is -3.39. The van der Waals surface area contributed by atoms with Crippen LogP contribution in [-0.4, -0.2) is 43.4 Å². The maximum atomic E-state index is 11.0. The molecule has 1 saturated heterocycles. The van der Waals surface area contributed by atoms with Gasteiger partial charge >= 0.3 is 0 Å². The van der Waals surface area contributed by atoms with Crippen molar-refractivity contribution in [1.82, 2.24) is 19.6 Å². The van der Waals surface area contributed by atoms with Gasteiger partial charge in [0, 0.05) is 25.6 Å². The summed E-state index contributed by atoms with van der Waals surface area (Å²) in [6, 6.07) is 15.6. The molecule has 8 nitrogen and oxygen atoms in total. The van der Waals surface area contributed by atoms with Crippen molar-refractivity contribution >= 4 is 17.4 Å². The summed E-state index contributed by atoms with van der Waals surface area (Å²) < 4.78 is 6.88. The van der Waals surface area contributed by atoms with Gasteiger partial charge in [0.25, 0.3) is 0 Å². The van der Waals surface area contributed by atoms with E-state index in [1.54, 1.807) is 18.4 Å². The lowest BCUT2D eigenvalue weighted by Crippen LogP contribution is -2.46. The summed E-state index contributed by atoms with van der Waals surface area (Å²) >= 11 is 0. The molecule has 0 saturated carbocycles. The van der Waals surface area contributed by atoms with Crippen LogP contribution in [-0.2, 0) is 6.42 Å². The lowest BCUT2D eigenvalue weighted by Gasteiger charge is -2.39. The van der Waals surface area contributed by atoms with Crippen LogP contribution in [0.15, 0.2) is 59.2 Å². The van der Waals surface area contributed by atoms with Gasteiger partial charge in [-0.2, -0.15) is 9.50 Å². The fraction of sp³-hybridized carbons (Fsp3) is 0.286. The highest BCUT2D eigenvalue weighted by Crippen LogP contribution is 2.29. The Kier molecular flexibility index (Phi) is 4.21. The molecule has 0 radical (unpaired) electrons. The number of aromatic nitrogens is 4. The van der Waals surface area contributed by atoms with E-state index in [-0.39, 0.29) is 5.95 Å². The maximum Gasteiger partial charge on any atom is 0.225 e. The van der Waals surface area contributed by atoms with Gasteiger partial charge in [-0.1, -0.05) is 30.3 Å². The number of piperidine rings is 1. The highest BCUT2D eigenvalue weighted by molar-refractivity contribution is 5.59. The molecule has 0 unspecified atom stereocenters. The van der Waals surface area contributed by atoms with Crippen LogP contribution in [0.4, 0.5) is 11.8 Å². The van der Waals surface area contributed by atoms with E-state index in [4.69, 9.17) is 10.2 Å². The Balaban J connectivity index is 1.35. The van der Waals surface area contributed by atoms with Crippen molar-refractivity contribution in [3.8, 4) is 11.6 Å². The van der Waals surface area contributed by atoms with Crippen LogP contribution < -0.4 is 10.6 Å². The Morgan fingerprint density at radius 2 is 1.86 bits per heavy atom. The van der Waals surface area contributed by atoms with E-state index in [9.17, 15) is 5.11 Å². The number of fused-ring (bicyclic) bond motifs is 1. The standard InChI is InChI=1S/C21H22N6O2/c22-20-24-17(13-18-23-19(25-27(18)20)16-7-4-12-29-16)26-10-8-21(28,9-11-26)14-15-5-2-1-3-6-15/h1-7,12-13,28H,8-11,14H2,(H2,22,24). The van der Waals surface area contributed by atoms with E-state index in [1.165, 1.54) is 4.52 Å². The number of hydrogen-bond donors (Lipinski definition) is 2. The second-order valence-corrected chi connectivity index (χ2v) is 7.53. The monoisotopic (exact) mass is 390 g/mol. The Morgan fingerprint density at radius 3 is 2.59 bits per heavy atom. The highest BCUT2D eigenvalue weighted by atomic mass is 16.3. The maximum absolute atomic E-state index is 11.0. The number of nitrogen functional groups attached to an aromatic ring is 1. The van der Waals surface area contributed by atoms with E-state index < -0.39 is 5.60 Å². The third kappa shape index (κ3) is 3.42. The lowest BCUT2D eigenvalue weighted by molar-refractivity contribution is 0.0164. The van der Waals surface area contributed by atoms with Crippen molar-refractivity contribution in [3.05, 3.63) is 60.4 Å². The number of benzene rings is 1. The molecule has 0 bridgehead atoms. The minimum absolute atomic E-state index is 0.271. The van der Waals surface area contributed by atoms with Crippen molar-refractivity contribution < 1.29 is 9.52 Å². The normalized spacial score (nSPS) is 16.4. The van der Waals surface area contributed by atoms with E-state index >= 15 is 0 Å². The zero-order chi connectivity index (χ0) is 19.8. The number of anilines is 2. The average molecular weight is 390 g/mol. The molecule has 8 heteroatoms. The first-order chi connectivity index (χ1) is 14.1. The van der Waals surface area contributed by atoms with Gasteiger partial charge in [0.05, 0.1) is 11.9 Å². The molecular weight excluding hydrogens is 368 g/mol. The number of nitrogens with two attached hydrogens (primary N) is 1. The van der Waals surface area contributed by atoms with Gasteiger partial charge in [0.2, 0.25) is 11.8 Å². The predicted molar refractivity (Wildman–Crippen MR) is 109 cm³/mol. The molecule has 1 aliphatic heterocycles. The number of hydrogen-bond acceptors (Lipinski definition) is 7. The molecule has 0 spiro atoms. The summed E-state index contributed by atoms with van der Waals surface area (Å²) in [6.07, 6.45) is 3.57. The third-order valence-electron chi connectivity index (χ3n) is 5.47. The molecule has 3 aromatic heterocycles. The topological polar surface area (TPSA) is 106 Å². The van der Waals surface area contributed by atoms with Crippen LogP contribution in [0.2, 0.25) is 0 Å². The number of rotatable bonds is 4. The van der Waals surface area contributed by atoms with Gasteiger partial charge < -0.3 is 20.2 Å². The molecule has 1 fully saturated rings. The molecule has 0 amide bonds. The van der Waals surface area contributed by atoms with Gasteiger partial charge in [-0.3, -0.25) is 0 Å².